The summed E-state index contributed by atoms with van der Waals surface area (Å²) < 4.78 is 14.3. The van der Waals surface area contributed by atoms with E-state index in [1.807, 2.05) is 0 Å². The summed E-state index contributed by atoms with van der Waals surface area (Å²) in [6, 6.07) is 3.47. The summed E-state index contributed by atoms with van der Waals surface area (Å²) in [6.45, 7) is 0. The SMILES string of the molecule is O=C1CCC(F)(c2cccnc2)CC1. The van der Waals surface area contributed by atoms with Gasteiger partial charge in [0, 0.05) is 30.8 Å². The number of alkyl halides is 1. The number of aromatic nitrogens is 1. The molecule has 0 bridgehead atoms. The summed E-state index contributed by atoms with van der Waals surface area (Å²) in [5.74, 6) is 0.169. The van der Waals surface area contributed by atoms with E-state index in [-0.39, 0.29) is 5.78 Å². The zero-order valence-electron chi connectivity index (χ0n) is 7.87. The van der Waals surface area contributed by atoms with Crippen LogP contribution < -0.4 is 0 Å². The first kappa shape index (κ1) is 9.31. The Kier molecular flexibility index (Phi) is 2.32. The van der Waals surface area contributed by atoms with E-state index >= 15 is 0 Å². The molecule has 74 valence electrons. The molecule has 1 saturated carbocycles. The van der Waals surface area contributed by atoms with Crippen molar-refractivity contribution in [1.82, 2.24) is 4.98 Å². The van der Waals surface area contributed by atoms with E-state index in [2.05, 4.69) is 4.98 Å². The molecule has 0 N–H and O–H groups in total. The van der Waals surface area contributed by atoms with E-state index in [1.165, 1.54) is 0 Å². The van der Waals surface area contributed by atoms with Gasteiger partial charge >= 0.3 is 0 Å². The predicted octanol–water partition coefficient (Wildman–Crippen LogP) is 2.39. The summed E-state index contributed by atoms with van der Waals surface area (Å²) in [7, 11) is 0. The fourth-order valence-corrected chi connectivity index (χ4v) is 1.84. The second kappa shape index (κ2) is 3.48. The molecule has 0 amide bonds. The molecule has 1 heterocycles. The largest absolute Gasteiger partial charge is 0.300 e. The smallest absolute Gasteiger partial charge is 0.138 e. The van der Waals surface area contributed by atoms with Gasteiger partial charge in [0.15, 0.2) is 0 Å². The van der Waals surface area contributed by atoms with Crippen LogP contribution in [0.1, 0.15) is 31.2 Å². The van der Waals surface area contributed by atoms with Crippen molar-refractivity contribution < 1.29 is 9.18 Å². The summed E-state index contributed by atoms with van der Waals surface area (Å²) >= 11 is 0. The summed E-state index contributed by atoms with van der Waals surface area (Å²) in [4.78, 5) is 14.9. The minimum Gasteiger partial charge on any atom is -0.300 e. The van der Waals surface area contributed by atoms with Crippen LogP contribution in [0.2, 0.25) is 0 Å². The molecule has 0 radical (unpaired) electrons. The van der Waals surface area contributed by atoms with Crippen molar-refractivity contribution in [3.8, 4) is 0 Å². The number of halogens is 1. The number of carbonyl (C=O) groups is 1. The molecule has 0 aromatic carbocycles. The lowest BCUT2D eigenvalue weighted by atomic mass is 9.81. The van der Waals surface area contributed by atoms with E-state index in [4.69, 9.17) is 0 Å². The Morgan fingerprint density at radius 1 is 1.36 bits per heavy atom. The Bertz CT molecular complexity index is 326. The van der Waals surface area contributed by atoms with Crippen LogP contribution in [0.5, 0.6) is 0 Å². The van der Waals surface area contributed by atoms with Gasteiger partial charge in [-0.05, 0) is 18.9 Å². The molecule has 1 aromatic heterocycles. The number of ketones is 1. The first-order valence-electron chi connectivity index (χ1n) is 4.82. The fraction of sp³-hybridized carbons (Fsp3) is 0.455. The molecule has 1 aliphatic carbocycles. The number of pyridine rings is 1. The highest BCUT2D eigenvalue weighted by molar-refractivity contribution is 5.79. The highest BCUT2D eigenvalue weighted by Crippen LogP contribution is 2.38. The zero-order valence-corrected chi connectivity index (χ0v) is 7.87. The molecule has 0 saturated heterocycles. The van der Waals surface area contributed by atoms with Crippen molar-refractivity contribution in [2.45, 2.75) is 31.4 Å². The average Bonchev–Trinajstić information content (AvgIpc) is 2.24. The van der Waals surface area contributed by atoms with Crippen LogP contribution in [0.15, 0.2) is 24.5 Å². The zero-order chi connectivity index (χ0) is 10.0. The van der Waals surface area contributed by atoms with Gasteiger partial charge in [0.1, 0.15) is 11.5 Å². The monoisotopic (exact) mass is 193 g/mol. The maximum absolute atomic E-state index is 14.3. The highest BCUT2D eigenvalue weighted by atomic mass is 19.1. The number of Topliss-reactive ketones (excluding diaryl/α,β-unsaturated/α-hetero) is 1. The third-order valence-electron chi connectivity index (χ3n) is 2.78. The van der Waals surface area contributed by atoms with E-state index in [0.29, 0.717) is 31.2 Å². The van der Waals surface area contributed by atoms with Gasteiger partial charge in [-0.2, -0.15) is 0 Å². The van der Waals surface area contributed by atoms with Crippen LogP contribution in [0.4, 0.5) is 4.39 Å². The first-order valence-corrected chi connectivity index (χ1v) is 4.82. The lowest BCUT2D eigenvalue weighted by Gasteiger charge is -2.28. The Morgan fingerprint density at radius 3 is 2.64 bits per heavy atom. The maximum atomic E-state index is 14.3. The average molecular weight is 193 g/mol. The van der Waals surface area contributed by atoms with Crippen molar-refractivity contribution in [3.63, 3.8) is 0 Å². The number of hydrogen-bond donors (Lipinski definition) is 0. The molecule has 1 aliphatic rings. The molecule has 0 aliphatic heterocycles. The summed E-state index contributed by atoms with van der Waals surface area (Å²) in [6.07, 6.45) is 4.49. The van der Waals surface area contributed by atoms with Crippen LogP contribution in [-0.4, -0.2) is 10.8 Å². The molecule has 1 fully saturated rings. The Hall–Kier alpha value is -1.25. The molecule has 0 atom stereocenters. The van der Waals surface area contributed by atoms with Gasteiger partial charge in [-0.1, -0.05) is 6.07 Å². The second-order valence-electron chi connectivity index (χ2n) is 3.75. The molecule has 2 rings (SSSR count). The maximum Gasteiger partial charge on any atom is 0.138 e. The second-order valence-corrected chi connectivity index (χ2v) is 3.75. The minimum absolute atomic E-state index is 0.169. The standard InChI is InChI=1S/C11H12FNO/c12-11(5-3-10(14)4-6-11)9-2-1-7-13-8-9/h1-2,7-8H,3-6H2. The lowest BCUT2D eigenvalue weighted by Crippen LogP contribution is -2.27. The van der Waals surface area contributed by atoms with Gasteiger partial charge in [-0.3, -0.25) is 9.78 Å². The molecule has 1 aromatic rings. The van der Waals surface area contributed by atoms with Crippen LogP contribution in [0.3, 0.4) is 0 Å². The van der Waals surface area contributed by atoms with Crippen molar-refractivity contribution in [2.24, 2.45) is 0 Å². The lowest BCUT2D eigenvalue weighted by molar-refractivity contribution is -0.123. The van der Waals surface area contributed by atoms with E-state index in [1.54, 1.807) is 24.5 Å². The van der Waals surface area contributed by atoms with Crippen LogP contribution >= 0.6 is 0 Å². The molecule has 0 unspecified atom stereocenters. The van der Waals surface area contributed by atoms with Crippen molar-refractivity contribution in [2.75, 3.05) is 0 Å². The van der Waals surface area contributed by atoms with E-state index < -0.39 is 5.67 Å². The van der Waals surface area contributed by atoms with Gasteiger partial charge in [-0.25, -0.2) is 4.39 Å². The molecular formula is C11H12FNO. The van der Waals surface area contributed by atoms with Crippen LogP contribution in [-0.2, 0) is 10.5 Å². The van der Waals surface area contributed by atoms with E-state index in [9.17, 15) is 9.18 Å². The highest BCUT2D eigenvalue weighted by Gasteiger charge is 2.36. The normalized spacial score (nSPS) is 20.8. The Labute approximate surface area is 82.2 Å². The topological polar surface area (TPSA) is 30.0 Å². The Morgan fingerprint density at radius 2 is 2.07 bits per heavy atom. The molecule has 14 heavy (non-hydrogen) atoms. The van der Waals surface area contributed by atoms with E-state index in [0.717, 1.165) is 0 Å². The number of carbonyl (C=O) groups excluding carboxylic acids is 1. The Balaban J connectivity index is 2.21. The molecule has 2 nitrogen and oxygen atoms in total. The summed E-state index contributed by atoms with van der Waals surface area (Å²) in [5.41, 5.74) is -0.727. The van der Waals surface area contributed by atoms with Crippen LogP contribution in [0.25, 0.3) is 0 Å². The third-order valence-corrected chi connectivity index (χ3v) is 2.78. The molecular weight excluding hydrogens is 181 g/mol. The van der Waals surface area contributed by atoms with Gasteiger partial charge in [0.05, 0.1) is 0 Å². The first-order chi connectivity index (χ1) is 6.71. The van der Waals surface area contributed by atoms with Gasteiger partial charge in [-0.15, -0.1) is 0 Å². The number of hydrogen-bond acceptors (Lipinski definition) is 2. The fourth-order valence-electron chi connectivity index (χ4n) is 1.84. The summed E-state index contributed by atoms with van der Waals surface area (Å²) in [5, 5.41) is 0. The number of rotatable bonds is 1. The van der Waals surface area contributed by atoms with Gasteiger partial charge < -0.3 is 0 Å². The van der Waals surface area contributed by atoms with Crippen molar-refractivity contribution >= 4 is 5.78 Å². The number of nitrogens with zero attached hydrogens (tertiary/aromatic N) is 1. The molecule has 0 spiro atoms. The van der Waals surface area contributed by atoms with Gasteiger partial charge in [0.2, 0.25) is 0 Å². The quantitative estimate of drug-likeness (QED) is 0.685. The van der Waals surface area contributed by atoms with Gasteiger partial charge in [0.25, 0.3) is 0 Å². The third kappa shape index (κ3) is 1.67. The predicted molar refractivity (Wildman–Crippen MR) is 50.5 cm³/mol. The minimum atomic E-state index is -1.33. The molecule has 3 heteroatoms. The van der Waals surface area contributed by atoms with Crippen molar-refractivity contribution in [1.29, 1.82) is 0 Å². The van der Waals surface area contributed by atoms with Crippen molar-refractivity contribution in [3.05, 3.63) is 30.1 Å². The van der Waals surface area contributed by atoms with Crippen LogP contribution in [0, 0.1) is 0 Å².